The maximum absolute atomic E-state index is 9.18. The summed E-state index contributed by atoms with van der Waals surface area (Å²) in [6, 6.07) is 19.2. The first-order valence-electron chi connectivity index (χ1n) is 10.6. The van der Waals surface area contributed by atoms with Gasteiger partial charge in [0.2, 0.25) is 0 Å². The van der Waals surface area contributed by atoms with E-state index < -0.39 is 0 Å². The van der Waals surface area contributed by atoms with Gasteiger partial charge in [0.05, 0.1) is 19.3 Å². The van der Waals surface area contributed by atoms with Gasteiger partial charge < -0.3 is 9.84 Å². The molecule has 1 atom stereocenters. The Kier molecular flexibility index (Phi) is 10.7. The minimum Gasteiger partial charge on any atom is -0.396 e. The topological polar surface area (TPSA) is 32.7 Å². The summed E-state index contributed by atoms with van der Waals surface area (Å²) >= 11 is 9.00. The van der Waals surface area contributed by atoms with Crippen LogP contribution in [0.3, 0.4) is 0 Å². The predicted octanol–water partition coefficient (Wildman–Crippen LogP) is 7.20. The lowest BCUT2D eigenvalue weighted by atomic mass is 10.0. The third-order valence-corrected chi connectivity index (χ3v) is 7.89. The van der Waals surface area contributed by atoms with Gasteiger partial charge in [-0.15, -0.1) is 0 Å². The second-order valence-corrected chi connectivity index (χ2v) is 9.98. The molecule has 0 unspecified atom stereocenters. The van der Waals surface area contributed by atoms with Crippen molar-refractivity contribution in [1.82, 2.24) is 4.90 Å². The van der Waals surface area contributed by atoms with Gasteiger partial charge in [0.25, 0.3) is 0 Å². The van der Waals surface area contributed by atoms with Crippen molar-refractivity contribution in [2.45, 2.75) is 38.5 Å². The predicted molar refractivity (Wildman–Crippen MR) is 136 cm³/mol. The minimum atomic E-state index is 0.153. The molecule has 0 radical (unpaired) electrons. The van der Waals surface area contributed by atoms with E-state index in [0.717, 1.165) is 41.3 Å². The molecule has 0 saturated carbocycles. The van der Waals surface area contributed by atoms with Gasteiger partial charge in [-0.2, -0.15) is 11.3 Å². The first-order valence-corrected chi connectivity index (χ1v) is 13.1. The van der Waals surface area contributed by atoms with Crippen LogP contribution in [-0.4, -0.2) is 29.8 Å². The maximum atomic E-state index is 9.18. The summed E-state index contributed by atoms with van der Waals surface area (Å²) in [5, 5.41) is 13.4. The highest BCUT2D eigenvalue weighted by Crippen LogP contribution is 2.28. The van der Waals surface area contributed by atoms with Crippen molar-refractivity contribution in [2.24, 2.45) is 0 Å². The molecule has 0 spiro atoms. The fourth-order valence-electron chi connectivity index (χ4n) is 3.57. The number of hydrogen-bond acceptors (Lipinski definition) is 4. The van der Waals surface area contributed by atoms with Crippen molar-refractivity contribution in [3.05, 3.63) is 91.0 Å². The molecule has 3 aromatic rings. The first-order chi connectivity index (χ1) is 15.2. The fraction of sp³-hybridized carbons (Fsp3) is 0.360. The average molecular weight is 567 g/mol. The lowest BCUT2D eigenvalue weighted by Gasteiger charge is -2.32. The normalized spacial score (nSPS) is 12.4. The molecule has 6 heteroatoms. The van der Waals surface area contributed by atoms with Crippen LogP contribution in [0.1, 0.15) is 42.0 Å². The highest BCUT2D eigenvalue weighted by Gasteiger charge is 2.22. The van der Waals surface area contributed by atoms with Gasteiger partial charge in [0.15, 0.2) is 0 Å². The molecule has 0 bridgehead atoms. The third-order valence-electron chi connectivity index (χ3n) is 5.28. The molecular formula is C25H29Br2NO2S. The number of aliphatic hydroxyl groups is 1. The molecule has 1 heterocycles. The average Bonchev–Trinajstić information content (AvgIpc) is 3.20. The van der Waals surface area contributed by atoms with E-state index in [1.165, 1.54) is 16.7 Å². The summed E-state index contributed by atoms with van der Waals surface area (Å²) < 4.78 is 8.48. The quantitative estimate of drug-likeness (QED) is 0.222. The van der Waals surface area contributed by atoms with E-state index >= 15 is 0 Å². The number of thiophene rings is 1. The van der Waals surface area contributed by atoms with Crippen LogP contribution < -0.4 is 0 Å². The molecule has 0 aliphatic carbocycles. The highest BCUT2D eigenvalue weighted by molar-refractivity contribution is 9.10. The van der Waals surface area contributed by atoms with Crippen LogP contribution in [0.2, 0.25) is 0 Å². The molecule has 0 amide bonds. The van der Waals surface area contributed by atoms with Crippen molar-refractivity contribution in [3.8, 4) is 0 Å². The molecule has 2 aromatic carbocycles. The SMILES string of the molecule is OCCCCCN(Cc1ccccc1Br)[C@@H](COCc1cscc1Br)c1ccccc1. The van der Waals surface area contributed by atoms with Gasteiger partial charge in [-0.1, -0.05) is 64.5 Å². The Morgan fingerprint density at radius 2 is 1.65 bits per heavy atom. The van der Waals surface area contributed by atoms with Gasteiger partial charge in [-0.05, 0) is 64.3 Å². The number of aliphatic hydroxyl groups excluding tert-OH is 1. The highest BCUT2D eigenvalue weighted by atomic mass is 79.9. The first kappa shape index (κ1) is 24.6. The second-order valence-electron chi connectivity index (χ2n) is 7.53. The van der Waals surface area contributed by atoms with E-state index in [-0.39, 0.29) is 12.6 Å². The number of halogens is 2. The maximum Gasteiger partial charge on any atom is 0.0736 e. The number of unbranched alkanes of at least 4 members (excludes halogenated alkanes) is 2. The summed E-state index contributed by atoms with van der Waals surface area (Å²) in [5.74, 6) is 0. The van der Waals surface area contributed by atoms with Crippen molar-refractivity contribution in [1.29, 1.82) is 0 Å². The Morgan fingerprint density at radius 1 is 0.871 bits per heavy atom. The molecule has 31 heavy (non-hydrogen) atoms. The molecule has 0 aliphatic rings. The Hall–Kier alpha value is -1.02. The van der Waals surface area contributed by atoms with Gasteiger partial charge in [0, 0.05) is 33.0 Å². The molecule has 0 fully saturated rings. The zero-order valence-electron chi connectivity index (χ0n) is 17.6. The number of rotatable bonds is 13. The van der Waals surface area contributed by atoms with E-state index in [4.69, 9.17) is 4.74 Å². The fourth-order valence-corrected chi connectivity index (χ4v) is 5.39. The Bertz CT molecular complexity index is 903. The van der Waals surface area contributed by atoms with Crippen LogP contribution in [0.4, 0.5) is 0 Å². The molecule has 1 aromatic heterocycles. The molecule has 0 saturated heterocycles. The third kappa shape index (κ3) is 7.81. The monoisotopic (exact) mass is 565 g/mol. The van der Waals surface area contributed by atoms with Crippen LogP contribution >= 0.6 is 43.2 Å². The summed E-state index contributed by atoms with van der Waals surface area (Å²) in [4.78, 5) is 2.51. The Morgan fingerprint density at radius 3 is 2.35 bits per heavy atom. The largest absolute Gasteiger partial charge is 0.396 e. The Balaban J connectivity index is 1.78. The van der Waals surface area contributed by atoms with Crippen LogP contribution in [0.25, 0.3) is 0 Å². The second kappa shape index (κ2) is 13.5. The van der Waals surface area contributed by atoms with Crippen molar-refractivity contribution in [3.63, 3.8) is 0 Å². The van der Waals surface area contributed by atoms with Gasteiger partial charge in [-0.25, -0.2) is 0 Å². The number of nitrogens with zero attached hydrogens (tertiary/aromatic N) is 1. The van der Waals surface area contributed by atoms with Gasteiger partial charge in [-0.3, -0.25) is 4.90 Å². The van der Waals surface area contributed by atoms with Crippen LogP contribution in [-0.2, 0) is 17.9 Å². The number of benzene rings is 2. The molecule has 3 rings (SSSR count). The standard InChI is InChI=1S/C25H29Br2NO2S/c26-23-12-6-5-11-21(23)15-28(13-7-2-8-14-29)25(20-9-3-1-4-10-20)17-30-16-22-18-31-19-24(22)27/h1,3-6,9-12,18-19,25,29H,2,7-8,13-17H2/t25-/m0/s1. The molecular weight excluding hydrogens is 538 g/mol. The minimum absolute atomic E-state index is 0.153. The van der Waals surface area contributed by atoms with Crippen molar-refractivity contribution in [2.75, 3.05) is 19.8 Å². The lowest BCUT2D eigenvalue weighted by molar-refractivity contribution is 0.0446. The van der Waals surface area contributed by atoms with Crippen molar-refractivity contribution >= 4 is 43.2 Å². The van der Waals surface area contributed by atoms with E-state index in [9.17, 15) is 5.11 Å². The summed E-state index contributed by atoms with van der Waals surface area (Å²) in [7, 11) is 0. The smallest absolute Gasteiger partial charge is 0.0736 e. The summed E-state index contributed by atoms with van der Waals surface area (Å²) in [6.07, 6.45) is 2.92. The van der Waals surface area contributed by atoms with Crippen LogP contribution in [0.5, 0.6) is 0 Å². The lowest BCUT2D eigenvalue weighted by Crippen LogP contribution is -2.32. The molecule has 0 aliphatic heterocycles. The Labute approximate surface area is 206 Å². The zero-order valence-corrected chi connectivity index (χ0v) is 21.5. The summed E-state index contributed by atoms with van der Waals surface area (Å²) in [6.45, 7) is 3.26. The van der Waals surface area contributed by atoms with Crippen LogP contribution in [0.15, 0.2) is 74.3 Å². The van der Waals surface area contributed by atoms with Crippen molar-refractivity contribution < 1.29 is 9.84 Å². The van der Waals surface area contributed by atoms with E-state index in [1.807, 2.05) is 0 Å². The van der Waals surface area contributed by atoms with Crippen LogP contribution in [0, 0.1) is 0 Å². The van der Waals surface area contributed by atoms with E-state index in [0.29, 0.717) is 13.2 Å². The number of ether oxygens (including phenoxy) is 1. The van der Waals surface area contributed by atoms with E-state index in [2.05, 4.69) is 102 Å². The van der Waals surface area contributed by atoms with E-state index in [1.54, 1.807) is 11.3 Å². The molecule has 166 valence electrons. The summed E-state index contributed by atoms with van der Waals surface area (Å²) in [5.41, 5.74) is 3.73. The molecule has 1 N–H and O–H groups in total. The number of hydrogen-bond donors (Lipinski definition) is 1. The zero-order chi connectivity index (χ0) is 21.9. The van der Waals surface area contributed by atoms with Gasteiger partial charge in [0.1, 0.15) is 0 Å². The van der Waals surface area contributed by atoms with Gasteiger partial charge >= 0.3 is 0 Å². The molecule has 3 nitrogen and oxygen atoms in total.